The van der Waals surface area contributed by atoms with Crippen LogP contribution in [0.4, 0.5) is 0 Å². The molecule has 0 unspecified atom stereocenters. The summed E-state index contributed by atoms with van der Waals surface area (Å²) >= 11 is 0. The lowest BCUT2D eigenvalue weighted by molar-refractivity contribution is 0.0600. The zero-order valence-electron chi connectivity index (χ0n) is 14.5. The van der Waals surface area contributed by atoms with Crippen LogP contribution in [0.25, 0.3) is 5.70 Å². The second-order valence-corrected chi connectivity index (χ2v) is 6.38. The molecule has 1 aromatic heterocycles. The van der Waals surface area contributed by atoms with Crippen LogP contribution in [0, 0.1) is 0 Å². The summed E-state index contributed by atoms with van der Waals surface area (Å²) in [5, 5.41) is 9.53. The van der Waals surface area contributed by atoms with Crippen LogP contribution in [-0.2, 0) is 4.74 Å². The number of carbonyl (C=O) groups excluding carboxylic acids is 1. The van der Waals surface area contributed by atoms with Crippen molar-refractivity contribution >= 4 is 11.7 Å². The van der Waals surface area contributed by atoms with Gasteiger partial charge in [-0.15, -0.1) is 0 Å². The molecule has 2 heterocycles. The van der Waals surface area contributed by atoms with Crippen molar-refractivity contribution in [1.29, 1.82) is 0 Å². The van der Waals surface area contributed by atoms with Gasteiger partial charge in [0.15, 0.2) is 0 Å². The largest absolute Gasteiger partial charge is 0.508 e. The maximum absolute atomic E-state index is 12.4. The second kappa shape index (κ2) is 5.81. The molecular formula is C19H19NO5. The second-order valence-electron chi connectivity index (χ2n) is 6.38. The smallest absolute Gasteiger partial charge is 0.337 e. The quantitative estimate of drug-likeness (QED) is 0.850. The van der Waals surface area contributed by atoms with Gasteiger partial charge < -0.3 is 14.6 Å². The molecule has 1 N–H and O–H groups in total. The zero-order valence-corrected chi connectivity index (χ0v) is 14.5. The van der Waals surface area contributed by atoms with Crippen molar-refractivity contribution < 1.29 is 19.4 Å². The van der Waals surface area contributed by atoms with Gasteiger partial charge in [-0.2, -0.15) is 0 Å². The number of carbonyl (C=O) groups is 1. The number of aromatic nitrogens is 1. The van der Waals surface area contributed by atoms with E-state index in [2.05, 4.69) is 0 Å². The molecule has 0 atom stereocenters. The molecular weight excluding hydrogens is 322 g/mol. The van der Waals surface area contributed by atoms with Crippen LogP contribution in [0.15, 0.2) is 46.9 Å². The molecule has 0 saturated carbocycles. The van der Waals surface area contributed by atoms with Crippen LogP contribution in [0.5, 0.6) is 11.5 Å². The van der Waals surface area contributed by atoms with Crippen LogP contribution in [-0.4, -0.2) is 28.4 Å². The van der Waals surface area contributed by atoms with Crippen LogP contribution < -0.4 is 10.3 Å². The van der Waals surface area contributed by atoms with E-state index in [1.807, 2.05) is 20.8 Å². The van der Waals surface area contributed by atoms with E-state index in [4.69, 9.17) is 9.47 Å². The van der Waals surface area contributed by atoms with Crippen molar-refractivity contribution in [2.45, 2.75) is 26.4 Å². The number of fused-ring (bicyclic) bond motifs is 1. The van der Waals surface area contributed by atoms with E-state index in [0.29, 0.717) is 22.6 Å². The highest BCUT2D eigenvalue weighted by Crippen LogP contribution is 2.41. The summed E-state index contributed by atoms with van der Waals surface area (Å²) in [5.74, 6) is -0.00437. The summed E-state index contributed by atoms with van der Waals surface area (Å²) < 4.78 is 12.3. The van der Waals surface area contributed by atoms with Gasteiger partial charge in [0.1, 0.15) is 17.1 Å². The number of ether oxygens (including phenoxy) is 2. The standard InChI is InChI=1S/C19H19NO5/c1-11-17(20-8-7-13(21)10-16(20)22)14-9-12(18(23)24-4)5-6-15(14)25-19(11,2)3/h5-10,21H,1-4H3. The summed E-state index contributed by atoms with van der Waals surface area (Å²) in [5.41, 5.74) is 1.43. The molecule has 0 bridgehead atoms. The third kappa shape index (κ3) is 2.80. The molecule has 130 valence electrons. The number of pyridine rings is 1. The fraction of sp³-hybridized carbons (Fsp3) is 0.263. The highest BCUT2D eigenvalue weighted by atomic mass is 16.5. The van der Waals surface area contributed by atoms with Crippen molar-refractivity contribution in [3.05, 3.63) is 63.6 Å². The fourth-order valence-corrected chi connectivity index (χ4v) is 2.85. The number of nitrogens with zero attached hydrogens (tertiary/aromatic N) is 1. The monoisotopic (exact) mass is 341 g/mol. The van der Waals surface area contributed by atoms with Crippen LogP contribution in [0.2, 0.25) is 0 Å². The van der Waals surface area contributed by atoms with E-state index in [1.54, 1.807) is 18.2 Å². The number of aromatic hydroxyl groups is 1. The molecule has 0 fully saturated rings. The summed E-state index contributed by atoms with van der Waals surface area (Å²) in [7, 11) is 1.31. The minimum absolute atomic E-state index is 0.102. The summed E-state index contributed by atoms with van der Waals surface area (Å²) in [6.07, 6.45) is 1.51. The Bertz CT molecular complexity index is 953. The van der Waals surface area contributed by atoms with E-state index < -0.39 is 11.6 Å². The highest BCUT2D eigenvalue weighted by molar-refractivity contribution is 5.91. The Morgan fingerprint density at radius 2 is 1.96 bits per heavy atom. The first-order chi connectivity index (χ1) is 11.7. The minimum Gasteiger partial charge on any atom is -0.508 e. The van der Waals surface area contributed by atoms with Crippen LogP contribution in [0.3, 0.4) is 0 Å². The number of hydrogen-bond acceptors (Lipinski definition) is 5. The van der Waals surface area contributed by atoms with Gasteiger partial charge in [0, 0.05) is 17.8 Å². The lowest BCUT2D eigenvalue weighted by Crippen LogP contribution is -2.36. The van der Waals surface area contributed by atoms with Gasteiger partial charge in [0.05, 0.1) is 18.4 Å². The first-order valence-corrected chi connectivity index (χ1v) is 7.80. The molecule has 0 saturated heterocycles. The summed E-state index contributed by atoms with van der Waals surface area (Å²) in [4.78, 5) is 24.3. The first-order valence-electron chi connectivity index (χ1n) is 7.80. The van der Waals surface area contributed by atoms with Crippen LogP contribution in [0.1, 0.15) is 36.7 Å². The molecule has 25 heavy (non-hydrogen) atoms. The molecule has 6 nitrogen and oxygen atoms in total. The molecule has 0 aliphatic carbocycles. The average molecular weight is 341 g/mol. The SMILES string of the molecule is COC(=O)c1ccc2c(c1)C(n1ccc(O)cc1=O)=C(C)C(C)(C)O2. The van der Waals surface area contributed by atoms with Gasteiger partial charge in [0.25, 0.3) is 5.56 Å². The predicted octanol–water partition coefficient (Wildman–Crippen LogP) is 2.79. The van der Waals surface area contributed by atoms with Gasteiger partial charge in [-0.1, -0.05) is 0 Å². The van der Waals surface area contributed by atoms with Crippen molar-refractivity contribution in [3.8, 4) is 11.5 Å². The number of benzene rings is 1. The number of rotatable bonds is 2. The molecule has 1 aliphatic rings. The van der Waals surface area contributed by atoms with Gasteiger partial charge in [-0.3, -0.25) is 9.36 Å². The molecule has 3 rings (SSSR count). The van der Waals surface area contributed by atoms with Crippen molar-refractivity contribution in [3.63, 3.8) is 0 Å². The molecule has 6 heteroatoms. The van der Waals surface area contributed by atoms with Crippen molar-refractivity contribution in [2.75, 3.05) is 7.11 Å². The number of esters is 1. The molecule has 0 amide bonds. The maximum atomic E-state index is 12.4. The number of methoxy groups -OCH3 is 1. The first kappa shape index (κ1) is 16.8. The van der Waals surface area contributed by atoms with Gasteiger partial charge >= 0.3 is 5.97 Å². The van der Waals surface area contributed by atoms with Crippen molar-refractivity contribution in [2.24, 2.45) is 0 Å². The Morgan fingerprint density at radius 3 is 2.60 bits per heavy atom. The van der Waals surface area contributed by atoms with E-state index in [-0.39, 0.29) is 11.3 Å². The zero-order chi connectivity index (χ0) is 18.4. The predicted molar refractivity (Wildman–Crippen MR) is 92.8 cm³/mol. The molecule has 1 aromatic carbocycles. The molecule has 1 aliphatic heterocycles. The van der Waals surface area contributed by atoms with Crippen molar-refractivity contribution in [1.82, 2.24) is 4.57 Å². The lowest BCUT2D eigenvalue weighted by Gasteiger charge is -2.36. The molecule has 0 spiro atoms. The highest BCUT2D eigenvalue weighted by Gasteiger charge is 2.34. The fourth-order valence-electron chi connectivity index (χ4n) is 2.85. The molecule has 0 radical (unpaired) electrons. The Kier molecular flexibility index (Phi) is 3.91. The number of hydrogen-bond donors (Lipinski definition) is 1. The van der Waals surface area contributed by atoms with E-state index in [9.17, 15) is 14.7 Å². The summed E-state index contributed by atoms with van der Waals surface area (Å²) in [6.45, 7) is 5.69. The summed E-state index contributed by atoms with van der Waals surface area (Å²) in [6, 6.07) is 7.55. The van der Waals surface area contributed by atoms with E-state index in [1.165, 1.54) is 23.9 Å². The Hall–Kier alpha value is -3.02. The van der Waals surface area contributed by atoms with E-state index >= 15 is 0 Å². The minimum atomic E-state index is -0.632. The third-order valence-electron chi connectivity index (χ3n) is 4.42. The third-order valence-corrected chi connectivity index (χ3v) is 4.42. The van der Waals surface area contributed by atoms with Gasteiger partial charge in [0.2, 0.25) is 0 Å². The Labute approximate surface area is 144 Å². The molecule has 2 aromatic rings. The van der Waals surface area contributed by atoms with Gasteiger partial charge in [-0.05, 0) is 50.6 Å². The van der Waals surface area contributed by atoms with E-state index in [0.717, 1.165) is 11.6 Å². The topological polar surface area (TPSA) is 77.8 Å². The Balaban J connectivity index is 2.31. The lowest BCUT2D eigenvalue weighted by atomic mass is 9.90. The Morgan fingerprint density at radius 1 is 1.24 bits per heavy atom. The van der Waals surface area contributed by atoms with Crippen LogP contribution >= 0.6 is 0 Å². The average Bonchev–Trinajstić information content (AvgIpc) is 2.56. The van der Waals surface area contributed by atoms with Gasteiger partial charge in [-0.25, -0.2) is 4.79 Å². The normalized spacial score (nSPS) is 15.4. The maximum Gasteiger partial charge on any atom is 0.337 e.